The maximum absolute atomic E-state index is 14.2. The third kappa shape index (κ3) is 4.33. The molecule has 1 atom stereocenters. The minimum absolute atomic E-state index is 0.0151. The van der Waals surface area contributed by atoms with Gasteiger partial charge in [0, 0.05) is 22.3 Å². The summed E-state index contributed by atoms with van der Waals surface area (Å²) in [6, 6.07) is 26.9. The first kappa shape index (κ1) is 23.6. The molecule has 0 radical (unpaired) electrons. The number of nitrogens with zero attached hydrogens (tertiary/aromatic N) is 3. The number of aromatic nitrogens is 1. The molecule has 3 aromatic carbocycles. The number of amides is 2. The van der Waals surface area contributed by atoms with Crippen molar-refractivity contribution in [2.45, 2.75) is 24.9 Å². The summed E-state index contributed by atoms with van der Waals surface area (Å²) < 4.78 is 8.42. The number of rotatable bonds is 6. The van der Waals surface area contributed by atoms with Gasteiger partial charge in [0.25, 0.3) is 5.91 Å². The Bertz CT molecular complexity index is 1460. The van der Waals surface area contributed by atoms with Gasteiger partial charge in [-0.15, -0.1) is 0 Å². The average Bonchev–Trinajstić information content (AvgIpc) is 3.66. The topological polar surface area (TPSA) is 54.8 Å². The number of para-hydroxylation sites is 2. The summed E-state index contributed by atoms with van der Waals surface area (Å²) in [6.45, 7) is 0.0151. The zero-order valence-electron chi connectivity index (χ0n) is 20.4. The van der Waals surface area contributed by atoms with E-state index in [1.807, 2.05) is 77.8 Å². The number of ether oxygens (including phenoxy) is 1. The highest BCUT2D eigenvalue weighted by Crippen LogP contribution is 2.43. The van der Waals surface area contributed by atoms with E-state index in [1.165, 1.54) is 0 Å². The van der Waals surface area contributed by atoms with Crippen LogP contribution in [-0.4, -0.2) is 41.0 Å². The molecule has 1 fully saturated rings. The van der Waals surface area contributed by atoms with Crippen molar-refractivity contribution in [3.63, 3.8) is 0 Å². The molecule has 1 unspecified atom stereocenters. The van der Waals surface area contributed by atoms with Crippen molar-refractivity contribution in [2.24, 2.45) is 0 Å². The van der Waals surface area contributed by atoms with E-state index in [4.69, 9.17) is 4.74 Å². The molecular formula is C30H26BrN3O3. The summed E-state index contributed by atoms with van der Waals surface area (Å²) in [7, 11) is 1.64. The molecule has 6 nitrogen and oxygen atoms in total. The van der Waals surface area contributed by atoms with Gasteiger partial charge in [-0.25, -0.2) is 0 Å². The molecule has 0 N–H and O–H groups in total. The quantitative estimate of drug-likeness (QED) is 0.293. The number of hydrogen-bond acceptors (Lipinski definition) is 3. The fraction of sp³-hybridized carbons (Fsp3) is 0.200. The number of carbonyl (C=O) groups is 2. The van der Waals surface area contributed by atoms with E-state index < -0.39 is 0 Å². The number of carbonyl (C=O) groups excluding carboxylic acids is 2. The molecule has 1 aromatic heterocycles. The van der Waals surface area contributed by atoms with Crippen LogP contribution in [0.5, 0.6) is 5.75 Å². The third-order valence-electron chi connectivity index (χ3n) is 7.06. The van der Waals surface area contributed by atoms with Gasteiger partial charge in [-0.3, -0.25) is 14.5 Å². The molecule has 1 saturated carbocycles. The lowest BCUT2D eigenvalue weighted by molar-refractivity contribution is -0.119. The SMILES string of the molecule is COc1ccc(C2c3cccn3-c3ccccc3N2C(=O)CN(C(=O)c2ccc(Br)cc2)C2CC2)cc1. The molecule has 1 aliphatic heterocycles. The summed E-state index contributed by atoms with van der Waals surface area (Å²) in [5, 5.41) is 0. The molecule has 37 heavy (non-hydrogen) atoms. The van der Waals surface area contributed by atoms with Crippen LogP contribution in [0, 0.1) is 0 Å². The van der Waals surface area contributed by atoms with E-state index in [0.29, 0.717) is 5.56 Å². The first-order chi connectivity index (χ1) is 18.0. The van der Waals surface area contributed by atoms with Gasteiger partial charge >= 0.3 is 0 Å². The monoisotopic (exact) mass is 555 g/mol. The van der Waals surface area contributed by atoms with Gasteiger partial charge in [0.2, 0.25) is 5.91 Å². The Labute approximate surface area is 224 Å². The van der Waals surface area contributed by atoms with Crippen molar-refractivity contribution in [3.8, 4) is 11.4 Å². The maximum Gasteiger partial charge on any atom is 0.254 e. The third-order valence-corrected chi connectivity index (χ3v) is 7.59. The molecular weight excluding hydrogens is 530 g/mol. The van der Waals surface area contributed by atoms with Crippen LogP contribution < -0.4 is 9.64 Å². The van der Waals surface area contributed by atoms with E-state index in [9.17, 15) is 9.59 Å². The summed E-state index contributed by atoms with van der Waals surface area (Å²) in [5.74, 6) is 0.532. The standard InChI is InChI=1S/C30H26BrN3O3/c1-37-24-16-10-20(11-17-24)29-27-7-4-18-32(27)25-5-2-3-6-26(25)34(29)28(35)19-33(23-14-15-23)30(36)21-8-12-22(31)13-9-21/h2-13,16-18,23,29H,14-15,19H2,1H3. The van der Waals surface area contributed by atoms with E-state index in [2.05, 4.69) is 26.6 Å². The number of anilines is 1. The van der Waals surface area contributed by atoms with Crippen molar-refractivity contribution < 1.29 is 14.3 Å². The Morgan fingerprint density at radius 3 is 2.30 bits per heavy atom. The zero-order chi connectivity index (χ0) is 25.5. The molecule has 6 rings (SSSR count). The largest absolute Gasteiger partial charge is 0.497 e. The average molecular weight is 556 g/mol. The summed E-state index contributed by atoms with van der Waals surface area (Å²) >= 11 is 3.43. The summed E-state index contributed by atoms with van der Waals surface area (Å²) in [4.78, 5) is 31.3. The fourth-order valence-corrected chi connectivity index (χ4v) is 5.36. The van der Waals surface area contributed by atoms with Crippen LogP contribution in [0.4, 0.5) is 5.69 Å². The predicted molar refractivity (Wildman–Crippen MR) is 146 cm³/mol. The molecule has 2 amide bonds. The van der Waals surface area contributed by atoms with Crippen molar-refractivity contribution in [1.29, 1.82) is 0 Å². The first-order valence-electron chi connectivity index (χ1n) is 12.3. The molecule has 0 bridgehead atoms. The smallest absolute Gasteiger partial charge is 0.254 e. The number of benzene rings is 3. The van der Waals surface area contributed by atoms with Crippen LogP contribution in [0.15, 0.2) is 95.6 Å². The van der Waals surface area contributed by atoms with Gasteiger partial charge in [0.15, 0.2) is 0 Å². The Morgan fingerprint density at radius 1 is 0.919 bits per heavy atom. The summed E-state index contributed by atoms with van der Waals surface area (Å²) in [5.41, 5.74) is 4.32. The minimum Gasteiger partial charge on any atom is -0.497 e. The zero-order valence-corrected chi connectivity index (χ0v) is 22.0. The molecule has 4 aromatic rings. The summed E-state index contributed by atoms with van der Waals surface area (Å²) in [6.07, 6.45) is 3.86. The normalized spacial score (nSPS) is 16.1. The Kier molecular flexibility index (Phi) is 6.08. The highest BCUT2D eigenvalue weighted by atomic mass is 79.9. The van der Waals surface area contributed by atoms with Gasteiger partial charge in [-0.05, 0) is 79.1 Å². The van der Waals surface area contributed by atoms with Gasteiger partial charge < -0.3 is 14.2 Å². The van der Waals surface area contributed by atoms with E-state index in [-0.39, 0.29) is 30.4 Å². The predicted octanol–water partition coefficient (Wildman–Crippen LogP) is 5.99. The molecule has 0 spiro atoms. The second-order valence-electron chi connectivity index (χ2n) is 9.40. The Balaban J connectivity index is 1.40. The number of hydrogen-bond donors (Lipinski definition) is 0. The number of halogens is 1. The molecule has 186 valence electrons. The van der Waals surface area contributed by atoms with E-state index in [0.717, 1.165) is 45.7 Å². The van der Waals surface area contributed by atoms with Crippen LogP contribution in [0.3, 0.4) is 0 Å². The maximum atomic E-state index is 14.2. The van der Waals surface area contributed by atoms with Gasteiger partial charge in [0.1, 0.15) is 18.3 Å². The van der Waals surface area contributed by atoms with Crippen LogP contribution in [0.2, 0.25) is 0 Å². The van der Waals surface area contributed by atoms with Crippen LogP contribution in [-0.2, 0) is 4.79 Å². The van der Waals surface area contributed by atoms with Crippen LogP contribution in [0.1, 0.15) is 40.5 Å². The second-order valence-corrected chi connectivity index (χ2v) is 10.3. The van der Waals surface area contributed by atoms with Crippen molar-refractivity contribution in [3.05, 3.63) is 112 Å². The van der Waals surface area contributed by atoms with Gasteiger partial charge in [0.05, 0.1) is 24.2 Å². The minimum atomic E-state index is -0.341. The van der Waals surface area contributed by atoms with Crippen molar-refractivity contribution in [2.75, 3.05) is 18.6 Å². The van der Waals surface area contributed by atoms with Crippen molar-refractivity contribution >= 4 is 33.4 Å². The highest BCUT2D eigenvalue weighted by molar-refractivity contribution is 9.10. The molecule has 2 aliphatic rings. The fourth-order valence-electron chi connectivity index (χ4n) is 5.10. The van der Waals surface area contributed by atoms with Crippen LogP contribution >= 0.6 is 15.9 Å². The second kappa shape index (κ2) is 9.56. The number of fused-ring (bicyclic) bond motifs is 3. The van der Waals surface area contributed by atoms with Crippen LogP contribution in [0.25, 0.3) is 5.69 Å². The first-order valence-corrected chi connectivity index (χ1v) is 13.1. The van der Waals surface area contributed by atoms with E-state index in [1.54, 1.807) is 24.1 Å². The van der Waals surface area contributed by atoms with Gasteiger partial charge in [-0.1, -0.05) is 40.2 Å². The molecule has 1 aliphatic carbocycles. The number of methoxy groups -OCH3 is 1. The molecule has 7 heteroatoms. The lowest BCUT2D eigenvalue weighted by Gasteiger charge is -2.39. The molecule has 2 heterocycles. The lowest BCUT2D eigenvalue weighted by atomic mass is 9.97. The van der Waals surface area contributed by atoms with Crippen molar-refractivity contribution in [1.82, 2.24) is 9.47 Å². The Morgan fingerprint density at radius 2 is 1.62 bits per heavy atom. The van der Waals surface area contributed by atoms with E-state index >= 15 is 0 Å². The lowest BCUT2D eigenvalue weighted by Crippen LogP contribution is -2.47. The Hall–Kier alpha value is -3.84. The highest BCUT2D eigenvalue weighted by Gasteiger charge is 2.40. The van der Waals surface area contributed by atoms with Gasteiger partial charge in [-0.2, -0.15) is 0 Å². The molecule has 0 saturated heterocycles.